The van der Waals surface area contributed by atoms with Crippen molar-refractivity contribution in [2.45, 2.75) is 18.9 Å². The van der Waals surface area contributed by atoms with E-state index in [2.05, 4.69) is 44.8 Å². The molecule has 0 spiro atoms. The summed E-state index contributed by atoms with van der Waals surface area (Å²) in [4.78, 5) is 19.1. The lowest BCUT2D eigenvalue weighted by molar-refractivity contribution is 0.0951. The fourth-order valence-electron chi connectivity index (χ4n) is 3.26. The summed E-state index contributed by atoms with van der Waals surface area (Å²) in [6, 6.07) is 14.5. The molecule has 1 aromatic carbocycles. The molecule has 1 saturated heterocycles. The van der Waals surface area contributed by atoms with Crippen molar-refractivity contribution >= 4 is 11.7 Å². The Morgan fingerprint density at radius 3 is 2.88 bits per heavy atom. The van der Waals surface area contributed by atoms with E-state index in [9.17, 15) is 4.79 Å². The number of carbonyl (C=O) groups is 1. The highest BCUT2D eigenvalue weighted by Gasteiger charge is 2.23. The van der Waals surface area contributed by atoms with Gasteiger partial charge in [-0.25, -0.2) is 4.98 Å². The molecule has 1 amide bonds. The molecular weight excluding hydrogens is 312 g/mol. The molecule has 1 unspecified atom stereocenters. The van der Waals surface area contributed by atoms with E-state index in [1.54, 1.807) is 12.3 Å². The van der Waals surface area contributed by atoms with Crippen molar-refractivity contribution in [3.8, 4) is 0 Å². The van der Waals surface area contributed by atoms with Gasteiger partial charge in [-0.05, 0) is 36.5 Å². The standard InChI is InChI=1S/C20H24N4O/c25-20(23-13-15-6-7-15)17-8-9-22-19(12-17)24-11-10-21-18(14-24)16-4-2-1-3-5-16/h1-5,8-9,12,15,18,21H,6-7,10-11,13-14H2,(H,23,25). The van der Waals surface area contributed by atoms with Crippen LogP contribution < -0.4 is 15.5 Å². The number of aromatic nitrogens is 1. The maximum atomic E-state index is 12.3. The van der Waals surface area contributed by atoms with Crippen LogP contribution in [-0.4, -0.2) is 37.1 Å². The Morgan fingerprint density at radius 2 is 2.08 bits per heavy atom. The normalized spacial score (nSPS) is 20.3. The molecule has 5 nitrogen and oxygen atoms in total. The van der Waals surface area contributed by atoms with Crippen LogP contribution in [0.2, 0.25) is 0 Å². The Hall–Kier alpha value is -2.40. The van der Waals surface area contributed by atoms with Crippen molar-refractivity contribution in [1.29, 1.82) is 0 Å². The molecule has 2 aliphatic rings. The molecular formula is C20H24N4O. The number of rotatable bonds is 5. The number of hydrogen-bond acceptors (Lipinski definition) is 4. The third kappa shape index (κ3) is 3.99. The monoisotopic (exact) mass is 336 g/mol. The Bertz CT molecular complexity index is 729. The van der Waals surface area contributed by atoms with Crippen LogP contribution in [0.15, 0.2) is 48.7 Å². The summed E-state index contributed by atoms with van der Waals surface area (Å²) in [5.41, 5.74) is 1.98. The molecule has 2 fully saturated rings. The summed E-state index contributed by atoms with van der Waals surface area (Å²) in [6.45, 7) is 3.44. The van der Waals surface area contributed by atoms with Crippen LogP contribution in [0.3, 0.4) is 0 Å². The van der Waals surface area contributed by atoms with Gasteiger partial charge in [0.1, 0.15) is 5.82 Å². The number of nitrogens with zero attached hydrogens (tertiary/aromatic N) is 2. The molecule has 1 aliphatic carbocycles. The molecule has 1 saturated carbocycles. The van der Waals surface area contributed by atoms with Gasteiger partial charge in [-0.3, -0.25) is 4.79 Å². The van der Waals surface area contributed by atoms with Crippen molar-refractivity contribution in [2.24, 2.45) is 5.92 Å². The second-order valence-corrected chi connectivity index (χ2v) is 6.92. The van der Waals surface area contributed by atoms with E-state index in [4.69, 9.17) is 0 Å². The van der Waals surface area contributed by atoms with Crippen LogP contribution in [0.1, 0.15) is 34.8 Å². The maximum Gasteiger partial charge on any atom is 0.251 e. The predicted octanol–water partition coefficient (Wildman–Crippen LogP) is 2.37. The molecule has 1 aliphatic heterocycles. The van der Waals surface area contributed by atoms with Gasteiger partial charge in [0.05, 0.1) is 0 Å². The Kier molecular flexibility index (Phi) is 4.65. The van der Waals surface area contributed by atoms with Gasteiger partial charge in [0, 0.05) is 44.0 Å². The van der Waals surface area contributed by atoms with Gasteiger partial charge in [-0.15, -0.1) is 0 Å². The minimum atomic E-state index is 0.00490. The smallest absolute Gasteiger partial charge is 0.251 e. The van der Waals surface area contributed by atoms with E-state index >= 15 is 0 Å². The van der Waals surface area contributed by atoms with Crippen LogP contribution in [0.25, 0.3) is 0 Å². The molecule has 0 bridgehead atoms. The predicted molar refractivity (Wildman–Crippen MR) is 98.7 cm³/mol. The van der Waals surface area contributed by atoms with Crippen molar-refractivity contribution < 1.29 is 4.79 Å². The van der Waals surface area contributed by atoms with Crippen LogP contribution in [0.5, 0.6) is 0 Å². The second kappa shape index (κ2) is 7.23. The maximum absolute atomic E-state index is 12.3. The Morgan fingerprint density at radius 1 is 1.24 bits per heavy atom. The van der Waals surface area contributed by atoms with Crippen LogP contribution in [0, 0.1) is 5.92 Å². The fourth-order valence-corrected chi connectivity index (χ4v) is 3.26. The SMILES string of the molecule is O=C(NCC1CC1)c1ccnc(N2CCNC(c3ccccc3)C2)c1. The molecule has 5 heteroatoms. The molecule has 25 heavy (non-hydrogen) atoms. The number of benzene rings is 1. The van der Waals surface area contributed by atoms with Gasteiger partial charge in [0.15, 0.2) is 0 Å². The molecule has 0 radical (unpaired) electrons. The Labute approximate surface area is 148 Å². The molecule has 1 aromatic heterocycles. The van der Waals surface area contributed by atoms with Crippen molar-refractivity contribution in [2.75, 3.05) is 31.1 Å². The zero-order valence-corrected chi connectivity index (χ0v) is 14.3. The van der Waals surface area contributed by atoms with Crippen molar-refractivity contribution in [1.82, 2.24) is 15.6 Å². The summed E-state index contributed by atoms with van der Waals surface area (Å²) in [5.74, 6) is 1.57. The second-order valence-electron chi connectivity index (χ2n) is 6.92. The number of nitrogens with one attached hydrogen (secondary N) is 2. The first-order valence-corrected chi connectivity index (χ1v) is 9.07. The number of anilines is 1. The van der Waals surface area contributed by atoms with Gasteiger partial charge >= 0.3 is 0 Å². The van der Waals surface area contributed by atoms with Crippen molar-refractivity contribution in [3.63, 3.8) is 0 Å². The zero-order chi connectivity index (χ0) is 17.1. The van der Waals surface area contributed by atoms with E-state index in [1.165, 1.54) is 18.4 Å². The highest BCUT2D eigenvalue weighted by atomic mass is 16.1. The number of piperazine rings is 1. The zero-order valence-electron chi connectivity index (χ0n) is 14.3. The largest absolute Gasteiger partial charge is 0.353 e. The third-order valence-electron chi connectivity index (χ3n) is 4.96. The number of carbonyl (C=O) groups excluding carboxylic acids is 1. The van der Waals surface area contributed by atoms with Crippen LogP contribution >= 0.6 is 0 Å². The van der Waals surface area contributed by atoms with E-state index in [0.29, 0.717) is 11.5 Å². The molecule has 130 valence electrons. The highest BCUT2D eigenvalue weighted by molar-refractivity contribution is 5.94. The number of hydrogen-bond donors (Lipinski definition) is 2. The molecule has 2 heterocycles. The Balaban J connectivity index is 1.45. The molecule has 4 rings (SSSR count). The minimum Gasteiger partial charge on any atom is -0.353 e. The third-order valence-corrected chi connectivity index (χ3v) is 4.96. The van der Waals surface area contributed by atoms with E-state index < -0.39 is 0 Å². The number of pyridine rings is 1. The van der Waals surface area contributed by atoms with E-state index in [1.807, 2.05) is 12.1 Å². The van der Waals surface area contributed by atoms with Gasteiger partial charge in [0.25, 0.3) is 5.91 Å². The molecule has 1 atom stereocenters. The lowest BCUT2D eigenvalue weighted by atomic mass is 10.0. The quantitative estimate of drug-likeness (QED) is 0.880. The summed E-state index contributed by atoms with van der Waals surface area (Å²) < 4.78 is 0. The first-order chi connectivity index (χ1) is 12.3. The van der Waals surface area contributed by atoms with Gasteiger partial charge in [0.2, 0.25) is 0 Å². The topological polar surface area (TPSA) is 57.3 Å². The van der Waals surface area contributed by atoms with Gasteiger partial charge < -0.3 is 15.5 Å². The first kappa shape index (κ1) is 16.1. The highest BCUT2D eigenvalue weighted by Crippen LogP contribution is 2.27. The summed E-state index contributed by atoms with van der Waals surface area (Å²) in [6.07, 6.45) is 4.22. The average molecular weight is 336 g/mol. The van der Waals surface area contributed by atoms with Crippen LogP contribution in [-0.2, 0) is 0 Å². The average Bonchev–Trinajstić information content (AvgIpc) is 3.51. The lowest BCUT2D eigenvalue weighted by Gasteiger charge is -2.34. The van der Waals surface area contributed by atoms with E-state index in [0.717, 1.165) is 32.0 Å². The lowest BCUT2D eigenvalue weighted by Crippen LogP contribution is -2.46. The minimum absolute atomic E-state index is 0.00490. The summed E-state index contributed by atoms with van der Waals surface area (Å²) in [7, 11) is 0. The fraction of sp³-hybridized carbons (Fsp3) is 0.400. The first-order valence-electron chi connectivity index (χ1n) is 9.07. The summed E-state index contributed by atoms with van der Waals surface area (Å²) in [5, 5.41) is 6.59. The van der Waals surface area contributed by atoms with E-state index in [-0.39, 0.29) is 11.9 Å². The van der Waals surface area contributed by atoms with Crippen molar-refractivity contribution in [3.05, 3.63) is 59.8 Å². The van der Waals surface area contributed by atoms with Crippen LogP contribution in [0.4, 0.5) is 5.82 Å². The number of amides is 1. The molecule has 2 aromatic rings. The summed E-state index contributed by atoms with van der Waals surface area (Å²) >= 11 is 0. The molecule has 2 N–H and O–H groups in total. The van der Waals surface area contributed by atoms with Gasteiger partial charge in [-0.1, -0.05) is 30.3 Å². The van der Waals surface area contributed by atoms with Gasteiger partial charge in [-0.2, -0.15) is 0 Å².